The summed E-state index contributed by atoms with van der Waals surface area (Å²) in [7, 11) is 0. The number of pyridine rings is 1. The van der Waals surface area contributed by atoms with Crippen LogP contribution in [0.15, 0.2) is 76.4 Å². The molecule has 2 heterocycles. The number of aromatic nitrogens is 3. The number of amides is 1. The number of benzene rings is 2. The molecule has 0 unspecified atom stereocenters. The number of nitrogens with one attached hydrogen (secondary N) is 1. The van der Waals surface area contributed by atoms with Gasteiger partial charge < -0.3 is 5.32 Å². The lowest BCUT2D eigenvalue weighted by molar-refractivity contribution is -0.116. The van der Waals surface area contributed by atoms with Gasteiger partial charge in [-0.2, -0.15) is 0 Å². The molecule has 0 aliphatic rings. The molecule has 0 radical (unpaired) electrons. The van der Waals surface area contributed by atoms with Crippen molar-refractivity contribution in [1.29, 1.82) is 0 Å². The molecule has 0 bridgehead atoms. The predicted octanol–water partition coefficient (Wildman–Crippen LogP) is 3.46. The summed E-state index contributed by atoms with van der Waals surface area (Å²) in [5.74, 6) is -0.397. The second-order valence-electron chi connectivity index (χ2n) is 7.32. The maximum absolute atomic E-state index is 13.3. The molecular weight excluding hydrogens is 428 g/mol. The number of hydrogen-bond donors (Lipinski definition) is 1. The van der Waals surface area contributed by atoms with Crippen molar-refractivity contribution in [3.05, 3.63) is 104 Å². The van der Waals surface area contributed by atoms with Crippen molar-refractivity contribution in [2.24, 2.45) is 0 Å². The molecule has 7 nitrogen and oxygen atoms in total. The third-order valence-electron chi connectivity index (χ3n) is 5.21. The van der Waals surface area contributed by atoms with E-state index in [9.17, 15) is 14.4 Å². The molecule has 0 saturated carbocycles. The number of rotatable bonds is 6. The predicted molar refractivity (Wildman–Crippen MR) is 125 cm³/mol. The van der Waals surface area contributed by atoms with Crippen LogP contribution in [0.2, 0.25) is 5.02 Å². The second kappa shape index (κ2) is 9.20. The number of aryl methyl sites for hydroxylation is 1. The molecule has 2 aromatic heterocycles. The van der Waals surface area contributed by atoms with Gasteiger partial charge in [-0.3, -0.25) is 18.7 Å². The molecule has 32 heavy (non-hydrogen) atoms. The van der Waals surface area contributed by atoms with E-state index >= 15 is 0 Å². The minimum absolute atomic E-state index is 0.0116. The smallest absolute Gasteiger partial charge is 0.325 e. The van der Waals surface area contributed by atoms with Crippen molar-refractivity contribution in [2.75, 3.05) is 5.32 Å². The van der Waals surface area contributed by atoms with E-state index in [0.717, 1.165) is 16.6 Å². The number of carbonyl (C=O) groups excluding carboxylic acids is 1. The largest absolute Gasteiger partial charge is 0.333 e. The summed E-state index contributed by atoms with van der Waals surface area (Å²) >= 11 is 6.23. The highest BCUT2D eigenvalue weighted by Crippen LogP contribution is 2.16. The Morgan fingerprint density at radius 1 is 1.00 bits per heavy atom. The number of anilines is 1. The normalized spacial score (nSPS) is 10.9. The SMILES string of the molecule is CCc1ccc(NC(=O)Cn2c(=O)n(Cc3ccccc3Cl)c(=O)c3cccnc32)cc1. The lowest BCUT2D eigenvalue weighted by Gasteiger charge is -2.14. The number of hydrogen-bond acceptors (Lipinski definition) is 4. The van der Waals surface area contributed by atoms with Crippen molar-refractivity contribution < 1.29 is 4.79 Å². The van der Waals surface area contributed by atoms with Crippen molar-refractivity contribution in [2.45, 2.75) is 26.4 Å². The molecule has 0 saturated heterocycles. The van der Waals surface area contributed by atoms with Gasteiger partial charge in [-0.15, -0.1) is 0 Å². The summed E-state index contributed by atoms with van der Waals surface area (Å²) in [6.45, 7) is 1.75. The van der Waals surface area contributed by atoms with Crippen molar-refractivity contribution in [1.82, 2.24) is 14.1 Å². The highest BCUT2D eigenvalue weighted by atomic mass is 35.5. The van der Waals surface area contributed by atoms with Gasteiger partial charge in [0.2, 0.25) is 5.91 Å². The van der Waals surface area contributed by atoms with E-state index in [1.807, 2.05) is 24.3 Å². The number of carbonyl (C=O) groups is 1. The first-order valence-corrected chi connectivity index (χ1v) is 10.6. The van der Waals surface area contributed by atoms with Crippen LogP contribution in [0.3, 0.4) is 0 Å². The summed E-state index contributed by atoms with van der Waals surface area (Å²) in [5, 5.41) is 3.49. The molecule has 0 aliphatic heterocycles. The van der Waals surface area contributed by atoms with Crippen molar-refractivity contribution in [3.8, 4) is 0 Å². The lowest BCUT2D eigenvalue weighted by Crippen LogP contribution is -2.42. The van der Waals surface area contributed by atoms with Crippen LogP contribution >= 0.6 is 11.6 Å². The molecule has 2 aromatic carbocycles. The highest BCUT2D eigenvalue weighted by Gasteiger charge is 2.17. The van der Waals surface area contributed by atoms with Gasteiger partial charge in [0, 0.05) is 16.9 Å². The van der Waals surface area contributed by atoms with Crippen LogP contribution in [0.5, 0.6) is 0 Å². The first-order valence-electron chi connectivity index (χ1n) is 10.2. The molecule has 4 rings (SSSR count). The standard InChI is InChI=1S/C24H21ClN4O3/c1-2-16-9-11-18(12-10-16)27-21(30)15-28-22-19(7-5-13-26-22)23(31)29(24(28)32)14-17-6-3-4-8-20(17)25/h3-13H,2,14-15H2,1H3,(H,27,30). The third kappa shape index (κ3) is 4.33. The Bertz CT molecular complexity index is 1410. The summed E-state index contributed by atoms with van der Waals surface area (Å²) in [6, 6.07) is 17.7. The van der Waals surface area contributed by atoms with E-state index in [0.29, 0.717) is 16.3 Å². The zero-order chi connectivity index (χ0) is 22.7. The molecule has 1 amide bonds. The van der Waals surface area contributed by atoms with E-state index < -0.39 is 17.2 Å². The van der Waals surface area contributed by atoms with E-state index in [1.165, 1.54) is 10.8 Å². The number of halogens is 1. The van der Waals surface area contributed by atoms with E-state index in [-0.39, 0.29) is 24.1 Å². The summed E-state index contributed by atoms with van der Waals surface area (Å²) in [6.07, 6.45) is 2.38. The second-order valence-corrected chi connectivity index (χ2v) is 7.73. The summed E-state index contributed by atoms with van der Waals surface area (Å²) in [4.78, 5) is 43.2. The summed E-state index contributed by atoms with van der Waals surface area (Å²) < 4.78 is 2.29. The topological polar surface area (TPSA) is 86.0 Å². The van der Waals surface area contributed by atoms with Crippen LogP contribution < -0.4 is 16.6 Å². The number of fused-ring (bicyclic) bond motifs is 1. The average molecular weight is 449 g/mol. The fourth-order valence-corrected chi connectivity index (χ4v) is 3.69. The molecule has 0 spiro atoms. The van der Waals surface area contributed by atoms with E-state index in [2.05, 4.69) is 17.2 Å². The summed E-state index contributed by atoms with van der Waals surface area (Å²) in [5.41, 5.74) is 1.46. The molecular formula is C24H21ClN4O3. The van der Waals surface area contributed by atoms with Gasteiger partial charge >= 0.3 is 5.69 Å². The molecule has 0 aliphatic carbocycles. The Labute approximate surface area is 188 Å². The monoisotopic (exact) mass is 448 g/mol. The fraction of sp³-hybridized carbons (Fsp3) is 0.167. The molecule has 4 aromatic rings. The molecule has 1 N–H and O–H groups in total. The van der Waals surface area contributed by atoms with Crippen molar-refractivity contribution in [3.63, 3.8) is 0 Å². The van der Waals surface area contributed by atoms with Crippen LogP contribution in [-0.2, 0) is 24.3 Å². The van der Waals surface area contributed by atoms with Gasteiger partial charge in [0.05, 0.1) is 11.9 Å². The minimum atomic E-state index is -0.627. The fourth-order valence-electron chi connectivity index (χ4n) is 3.49. The Morgan fingerprint density at radius 2 is 1.75 bits per heavy atom. The maximum Gasteiger partial charge on any atom is 0.333 e. The van der Waals surface area contributed by atoms with Crippen LogP contribution in [0.25, 0.3) is 11.0 Å². The van der Waals surface area contributed by atoms with E-state index in [1.54, 1.807) is 36.4 Å². The van der Waals surface area contributed by atoms with Gasteiger partial charge in [-0.1, -0.05) is 48.9 Å². The molecule has 0 atom stereocenters. The quantitative estimate of drug-likeness (QED) is 0.489. The van der Waals surface area contributed by atoms with Crippen LogP contribution in [0.4, 0.5) is 5.69 Å². The molecule has 162 valence electrons. The van der Waals surface area contributed by atoms with E-state index in [4.69, 9.17) is 11.6 Å². The third-order valence-corrected chi connectivity index (χ3v) is 5.58. The van der Waals surface area contributed by atoms with Crippen LogP contribution in [0, 0.1) is 0 Å². The van der Waals surface area contributed by atoms with Gasteiger partial charge in [-0.25, -0.2) is 9.78 Å². The zero-order valence-electron chi connectivity index (χ0n) is 17.4. The average Bonchev–Trinajstić information content (AvgIpc) is 2.81. The Morgan fingerprint density at radius 3 is 2.47 bits per heavy atom. The van der Waals surface area contributed by atoms with Gasteiger partial charge in [-0.05, 0) is 47.9 Å². The first kappa shape index (κ1) is 21.5. The number of nitrogens with zero attached hydrogens (tertiary/aromatic N) is 3. The van der Waals surface area contributed by atoms with Crippen molar-refractivity contribution >= 4 is 34.2 Å². The zero-order valence-corrected chi connectivity index (χ0v) is 18.2. The van der Waals surface area contributed by atoms with Gasteiger partial charge in [0.1, 0.15) is 12.2 Å². The Kier molecular flexibility index (Phi) is 6.18. The highest BCUT2D eigenvalue weighted by molar-refractivity contribution is 6.31. The van der Waals surface area contributed by atoms with Crippen LogP contribution in [-0.4, -0.2) is 20.0 Å². The Balaban J connectivity index is 1.73. The minimum Gasteiger partial charge on any atom is -0.325 e. The Hall–Kier alpha value is -3.71. The molecule has 8 heteroatoms. The molecule has 0 fully saturated rings. The lowest BCUT2D eigenvalue weighted by atomic mass is 10.1. The maximum atomic E-state index is 13.3. The van der Waals surface area contributed by atoms with Gasteiger partial charge in [0.15, 0.2) is 0 Å². The van der Waals surface area contributed by atoms with Gasteiger partial charge in [0.25, 0.3) is 5.56 Å². The van der Waals surface area contributed by atoms with Crippen LogP contribution in [0.1, 0.15) is 18.1 Å². The first-order chi connectivity index (χ1) is 15.5.